The van der Waals surface area contributed by atoms with Crippen molar-refractivity contribution in [3.8, 4) is 0 Å². The van der Waals surface area contributed by atoms with Crippen molar-refractivity contribution in [1.82, 2.24) is 15.0 Å². The summed E-state index contributed by atoms with van der Waals surface area (Å²) in [6.45, 7) is 0. The molecule has 3 N–H and O–H groups in total. The first kappa shape index (κ1) is 42.1. The van der Waals surface area contributed by atoms with Gasteiger partial charge in [0.2, 0.25) is 0 Å². The van der Waals surface area contributed by atoms with Crippen molar-refractivity contribution in [2.24, 2.45) is 30.9 Å². The van der Waals surface area contributed by atoms with E-state index >= 15 is 0 Å². The predicted octanol–water partition coefficient (Wildman–Crippen LogP) is 13.9. The van der Waals surface area contributed by atoms with Crippen molar-refractivity contribution in [3.63, 3.8) is 0 Å². The normalized spacial score (nSPS) is 15.6. The van der Waals surface area contributed by atoms with Gasteiger partial charge in [0.25, 0.3) is 0 Å². The van der Waals surface area contributed by atoms with Gasteiger partial charge in [-0.05, 0) is 72.8 Å². The molecule has 5 heterocycles. The first-order chi connectivity index (χ1) is 34.1. The first-order valence-corrected chi connectivity index (χ1v) is 25.9. The van der Waals surface area contributed by atoms with Crippen LogP contribution in [0.15, 0.2) is 264 Å². The van der Waals surface area contributed by atoms with Gasteiger partial charge in [-0.25, -0.2) is 25.0 Å². The molecular weight excluding hydrogens is 948 g/mol. The zero-order valence-electron chi connectivity index (χ0n) is 36.2. The van der Waals surface area contributed by atoms with Gasteiger partial charge in [0, 0.05) is 77.1 Å². The SMILES string of the molecule is Clc1ccc2c3[nH]c(c2c1Sc1ccccc1)=NC1=C2C=CC=C(Sc4ccccc4)C2C(=N1)N=c1[nH]/c(c2c(Sc4ccccc4)cccc12)=N\c1[nH]c(c2c(Sc4ccccc4)cccc12)N=3. The van der Waals surface area contributed by atoms with Crippen molar-refractivity contribution in [3.05, 3.63) is 231 Å². The predicted molar refractivity (Wildman–Crippen MR) is 283 cm³/mol. The van der Waals surface area contributed by atoms with Crippen molar-refractivity contribution in [1.29, 1.82) is 0 Å². The van der Waals surface area contributed by atoms with Gasteiger partial charge in [0.05, 0.1) is 10.9 Å². The van der Waals surface area contributed by atoms with E-state index in [1.807, 2.05) is 48.5 Å². The highest BCUT2D eigenvalue weighted by Crippen LogP contribution is 2.45. The average molecular weight is 984 g/mol. The summed E-state index contributed by atoms with van der Waals surface area (Å²) >= 11 is 13.9. The van der Waals surface area contributed by atoms with Crippen LogP contribution in [0.1, 0.15) is 0 Å². The molecule has 69 heavy (non-hydrogen) atoms. The van der Waals surface area contributed by atoms with E-state index in [-0.39, 0.29) is 5.92 Å². The molecule has 0 spiro atoms. The molecule has 13 heteroatoms. The van der Waals surface area contributed by atoms with Gasteiger partial charge in [-0.3, -0.25) is 0 Å². The summed E-state index contributed by atoms with van der Waals surface area (Å²) in [4.78, 5) is 47.0. The third-order valence-electron chi connectivity index (χ3n) is 12.0. The Labute approximate surface area is 417 Å². The molecule has 13 rings (SSSR count). The maximum absolute atomic E-state index is 7.20. The molecule has 8 bridgehead atoms. The number of aromatic amines is 3. The molecule has 8 nitrogen and oxygen atoms in total. The number of amidine groups is 1. The zero-order valence-corrected chi connectivity index (χ0v) is 40.2. The minimum Gasteiger partial charge on any atom is -0.324 e. The number of hydrogen-bond donors (Lipinski definition) is 3. The highest BCUT2D eigenvalue weighted by Gasteiger charge is 2.34. The summed E-state index contributed by atoms with van der Waals surface area (Å²) in [5, 5.41) is 6.09. The molecule has 0 saturated carbocycles. The molecule has 0 amide bonds. The molecule has 1 aliphatic carbocycles. The van der Waals surface area contributed by atoms with Crippen LogP contribution in [0.2, 0.25) is 5.02 Å². The van der Waals surface area contributed by atoms with Gasteiger partial charge in [-0.2, -0.15) is 0 Å². The van der Waals surface area contributed by atoms with E-state index < -0.39 is 0 Å². The smallest absolute Gasteiger partial charge is 0.160 e. The van der Waals surface area contributed by atoms with E-state index in [9.17, 15) is 0 Å². The molecule has 1 atom stereocenters. The van der Waals surface area contributed by atoms with Crippen molar-refractivity contribution in [2.75, 3.05) is 0 Å². The highest BCUT2D eigenvalue weighted by molar-refractivity contribution is 8.03. The number of H-pyrrole nitrogens is 3. The van der Waals surface area contributed by atoms with Crippen LogP contribution in [0.25, 0.3) is 32.3 Å². The van der Waals surface area contributed by atoms with Crippen LogP contribution in [-0.2, 0) is 0 Å². The number of aromatic nitrogens is 3. The molecule has 0 saturated heterocycles. The van der Waals surface area contributed by atoms with Gasteiger partial charge < -0.3 is 15.0 Å². The van der Waals surface area contributed by atoms with Crippen LogP contribution in [-0.4, -0.2) is 20.8 Å². The molecule has 330 valence electrons. The number of thioether (sulfide) groups is 1. The molecule has 2 aliphatic heterocycles. The third kappa shape index (κ3) is 7.88. The van der Waals surface area contributed by atoms with E-state index in [4.69, 9.17) is 36.6 Å². The Morgan fingerprint density at radius 1 is 0.420 bits per heavy atom. The third-order valence-corrected chi connectivity index (χ3v) is 16.8. The fourth-order valence-electron chi connectivity index (χ4n) is 8.93. The lowest BCUT2D eigenvalue weighted by Crippen LogP contribution is -2.19. The van der Waals surface area contributed by atoms with Gasteiger partial charge in [0.1, 0.15) is 39.4 Å². The quantitative estimate of drug-likeness (QED) is 0.141. The Bertz CT molecular complexity index is 4090. The van der Waals surface area contributed by atoms with E-state index in [0.717, 1.165) is 77.1 Å². The second-order valence-electron chi connectivity index (χ2n) is 16.3. The Morgan fingerprint density at radius 2 is 0.971 bits per heavy atom. The Kier molecular flexibility index (Phi) is 10.8. The van der Waals surface area contributed by atoms with Crippen LogP contribution in [0.5, 0.6) is 0 Å². The molecule has 0 radical (unpaired) electrons. The summed E-state index contributed by atoms with van der Waals surface area (Å²) < 4.78 is 0. The summed E-state index contributed by atoms with van der Waals surface area (Å²) in [7, 11) is 0. The number of nitrogens with zero attached hydrogens (tertiary/aromatic N) is 5. The van der Waals surface area contributed by atoms with Crippen LogP contribution in [0, 0.1) is 5.92 Å². The molecule has 3 aliphatic rings. The molecule has 0 fully saturated rings. The Morgan fingerprint density at radius 3 is 1.64 bits per heavy atom. The van der Waals surface area contributed by atoms with Crippen molar-refractivity contribution >= 4 is 108 Å². The maximum Gasteiger partial charge on any atom is 0.160 e. The number of nitrogens with one attached hydrogen (secondary N) is 3. The van der Waals surface area contributed by atoms with Gasteiger partial charge in [-0.1, -0.05) is 174 Å². The number of hydrogen-bond acceptors (Lipinski definition) is 9. The number of aliphatic imine (C=N–C) groups is 1. The number of benzene rings is 7. The summed E-state index contributed by atoms with van der Waals surface area (Å²) in [6, 6.07) is 58.2. The molecular formula is C56H35ClN8S4. The average Bonchev–Trinajstić information content (AvgIpc) is 4.13. The van der Waals surface area contributed by atoms with Gasteiger partial charge in [0.15, 0.2) is 5.82 Å². The lowest BCUT2D eigenvalue weighted by atomic mass is 9.95. The van der Waals surface area contributed by atoms with Crippen LogP contribution in [0.4, 0.5) is 11.6 Å². The summed E-state index contributed by atoms with van der Waals surface area (Å²) in [5.74, 6) is 2.21. The van der Waals surface area contributed by atoms with Crippen LogP contribution in [0.3, 0.4) is 0 Å². The zero-order chi connectivity index (χ0) is 45.8. The number of rotatable bonds is 8. The molecule has 3 aromatic heterocycles. The van der Waals surface area contributed by atoms with E-state index in [0.29, 0.717) is 50.3 Å². The van der Waals surface area contributed by atoms with Crippen molar-refractivity contribution in [2.45, 2.75) is 34.3 Å². The lowest BCUT2D eigenvalue weighted by Gasteiger charge is -2.19. The number of halogens is 1. The van der Waals surface area contributed by atoms with E-state index in [1.54, 1.807) is 47.0 Å². The van der Waals surface area contributed by atoms with E-state index in [2.05, 4.69) is 155 Å². The monoisotopic (exact) mass is 982 g/mol. The number of fused-ring (bicyclic) bond motifs is 18. The largest absolute Gasteiger partial charge is 0.324 e. The van der Waals surface area contributed by atoms with Crippen LogP contribution < -0.4 is 22.0 Å². The summed E-state index contributed by atoms with van der Waals surface area (Å²) in [6.07, 6.45) is 6.36. The minimum atomic E-state index is -0.294. The van der Waals surface area contributed by atoms with Gasteiger partial charge >= 0.3 is 0 Å². The van der Waals surface area contributed by atoms with Gasteiger partial charge in [-0.15, -0.1) is 0 Å². The fraction of sp³-hybridized carbons (Fsp3) is 0.0179. The standard InChI is InChI=1S/C56H35ClN8S4/c57-40-31-30-39-47(48(40)69-35-22-11-4-12-23-35)56-64-51-38-26-15-29-43(68-34-20-9-3-10-21-34)46(38)54(62-51)60-49-36-24-13-27-41(66-32-16-5-1-6-17-32)44(36)53(58-49)59-50-37-25-14-28-42(67-33-18-7-2-8-19-33)45(37)55(61-50)63-52(39)65-56/h1-31,46,61H,(H,63,64,65)(H,58,59,60,62). The Balaban J connectivity index is 1.14. The summed E-state index contributed by atoms with van der Waals surface area (Å²) in [5.41, 5.74) is 3.50. The van der Waals surface area contributed by atoms with Crippen LogP contribution >= 0.6 is 58.6 Å². The molecule has 1 unspecified atom stereocenters. The Hall–Kier alpha value is -7.06. The molecule has 10 aromatic rings. The van der Waals surface area contributed by atoms with Crippen molar-refractivity contribution < 1.29 is 0 Å². The number of allylic oxidation sites excluding steroid dienone is 3. The lowest BCUT2D eigenvalue weighted by molar-refractivity contribution is 1.01. The minimum absolute atomic E-state index is 0.294. The van der Waals surface area contributed by atoms with E-state index in [1.165, 1.54) is 0 Å². The maximum atomic E-state index is 7.20. The first-order valence-electron chi connectivity index (χ1n) is 22.2. The molecule has 7 aromatic carbocycles. The second kappa shape index (κ2) is 17.8. The second-order valence-corrected chi connectivity index (χ2v) is 21.2. The fourth-order valence-corrected chi connectivity index (χ4v) is 13.3. The highest BCUT2D eigenvalue weighted by atomic mass is 35.5. The topological polar surface area (TPSA) is 109 Å².